The smallest absolute Gasteiger partial charge is 0.319 e. The minimum atomic E-state index is -0.503. The van der Waals surface area contributed by atoms with Crippen LogP contribution in [0.4, 0.5) is 0 Å². The number of hydrogen-bond acceptors (Lipinski definition) is 3. The molecule has 1 saturated carbocycles. The summed E-state index contributed by atoms with van der Waals surface area (Å²) in [6, 6.07) is 0. The molecule has 0 aromatic carbocycles. The number of ether oxygens (including phenoxy) is 1. The van der Waals surface area contributed by atoms with Crippen LogP contribution in [-0.2, 0) is 14.3 Å². The van der Waals surface area contributed by atoms with E-state index in [4.69, 9.17) is 0 Å². The van der Waals surface area contributed by atoms with E-state index in [1.54, 1.807) is 0 Å². The number of carbonyl (C=O) groups is 2. The van der Waals surface area contributed by atoms with Crippen LogP contribution in [0.2, 0.25) is 0 Å². The molecule has 1 rings (SSSR count). The standard InChI is InChI=1S/C10H16O3/c1-8(11)13-9(12)10(2)6-4-3-5-7-10/h3-7H2,1-2H3. The summed E-state index contributed by atoms with van der Waals surface area (Å²) in [7, 11) is 0. The minimum absolute atomic E-state index is 0.347. The third kappa shape index (κ3) is 2.54. The van der Waals surface area contributed by atoms with Crippen molar-refractivity contribution in [2.45, 2.75) is 46.0 Å². The molecule has 3 heteroatoms. The summed E-state index contributed by atoms with van der Waals surface area (Å²) in [5.41, 5.74) is -0.413. The van der Waals surface area contributed by atoms with Crippen LogP contribution in [0.3, 0.4) is 0 Å². The van der Waals surface area contributed by atoms with Gasteiger partial charge in [-0.3, -0.25) is 9.59 Å². The summed E-state index contributed by atoms with van der Waals surface area (Å²) in [6.07, 6.45) is 4.99. The van der Waals surface area contributed by atoms with Gasteiger partial charge in [-0.15, -0.1) is 0 Å². The van der Waals surface area contributed by atoms with Crippen molar-refractivity contribution in [3.05, 3.63) is 0 Å². The van der Waals surface area contributed by atoms with Crippen LogP contribution in [-0.4, -0.2) is 11.9 Å². The molecule has 1 aliphatic rings. The first kappa shape index (κ1) is 10.2. The zero-order chi connectivity index (χ0) is 9.90. The van der Waals surface area contributed by atoms with E-state index >= 15 is 0 Å². The lowest BCUT2D eigenvalue weighted by Gasteiger charge is -2.30. The van der Waals surface area contributed by atoms with Crippen molar-refractivity contribution >= 4 is 11.9 Å². The number of esters is 2. The minimum Gasteiger partial charge on any atom is -0.393 e. The van der Waals surface area contributed by atoms with E-state index in [9.17, 15) is 9.59 Å². The molecule has 0 spiro atoms. The van der Waals surface area contributed by atoms with E-state index in [2.05, 4.69) is 4.74 Å². The van der Waals surface area contributed by atoms with Gasteiger partial charge >= 0.3 is 11.9 Å². The average Bonchev–Trinajstić information content (AvgIpc) is 2.04. The van der Waals surface area contributed by atoms with Gasteiger partial charge in [0.25, 0.3) is 0 Å². The Kier molecular flexibility index (Phi) is 3.07. The highest BCUT2D eigenvalue weighted by molar-refractivity contribution is 5.87. The number of rotatable bonds is 1. The van der Waals surface area contributed by atoms with Crippen LogP contribution in [0.5, 0.6) is 0 Å². The molecule has 0 radical (unpaired) electrons. The molecular weight excluding hydrogens is 168 g/mol. The zero-order valence-corrected chi connectivity index (χ0v) is 8.26. The average molecular weight is 184 g/mol. The summed E-state index contributed by atoms with van der Waals surface area (Å²) < 4.78 is 4.61. The summed E-state index contributed by atoms with van der Waals surface area (Å²) in [4.78, 5) is 22.1. The van der Waals surface area contributed by atoms with Gasteiger partial charge in [0.15, 0.2) is 0 Å². The normalized spacial score (nSPS) is 20.8. The highest BCUT2D eigenvalue weighted by atomic mass is 16.6. The number of carbonyl (C=O) groups excluding carboxylic acids is 2. The maximum absolute atomic E-state index is 11.5. The molecule has 1 fully saturated rings. The molecule has 0 saturated heterocycles. The van der Waals surface area contributed by atoms with Gasteiger partial charge in [-0.05, 0) is 19.8 Å². The third-order valence-electron chi connectivity index (χ3n) is 2.69. The molecule has 0 heterocycles. The molecule has 1 aliphatic carbocycles. The van der Waals surface area contributed by atoms with Gasteiger partial charge in [0.2, 0.25) is 0 Å². The Morgan fingerprint density at radius 2 is 1.69 bits per heavy atom. The molecule has 74 valence electrons. The largest absolute Gasteiger partial charge is 0.393 e. The Morgan fingerprint density at radius 1 is 1.15 bits per heavy atom. The van der Waals surface area contributed by atoms with Gasteiger partial charge in [0, 0.05) is 6.92 Å². The van der Waals surface area contributed by atoms with Crippen LogP contribution in [0, 0.1) is 5.41 Å². The highest BCUT2D eigenvalue weighted by Crippen LogP contribution is 2.36. The fourth-order valence-electron chi connectivity index (χ4n) is 1.79. The van der Waals surface area contributed by atoms with Crippen molar-refractivity contribution < 1.29 is 14.3 Å². The van der Waals surface area contributed by atoms with Crippen molar-refractivity contribution in [2.75, 3.05) is 0 Å². The van der Waals surface area contributed by atoms with Crippen molar-refractivity contribution in [3.63, 3.8) is 0 Å². The van der Waals surface area contributed by atoms with Gasteiger partial charge in [-0.1, -0.05) is 19.3 Å². The van der Waals surface area contributed by atoms with Crippen LogP contribution >= 0.6 is 0 Å². The predicted octanol–water partition coefficient (Wildman–Crippen LogP) is 2.05. The summed E-state index contributed by atoms with van der Waals surface area (Å²) in [5, 5.41) is 0. The molecule has 0 unspecified atom stereocenters. The van der Waals surface area contributed by atoms with E-state index < -0.39 is 11.4 Å². The Bertz CT molecular complexity index is 214. The van der Waals surface area contributed by atoms with E-state index in [1.165, 1.54) is 13.3 Å². The monoisotopic (exact) mass is 184 g/mol. The van der Waals surface area contributed by atoms with E-state index in [0.29, 0.717) is 0 Å². The van der Waals surface area contributed by atoms with Crippen LogP contribution in [0.15, 0.2) is 0 Å². The van der Waals surface area contributed by atoms with Crippen LogP contribution < -0.4 is 0 Å². The zero-order valence-electron chi connectivity index (χ0n) is 8.26. The Labute approximate surface area is 78.5 Å². The lowest BCUT2D eigenvalue weighted by molar-refractivity contribution is -0.166. The summed E-state index contributed by atoms with van der Waals surface area (Å²) in [6.45, 7) is 3.15. The molecule has 0 aromatic rings. The van der Waals surface area contributed by atoms with Crippen molar-refractivity contribution in [1.82, 2.24) is 0 Å². The molecule has 0 bridgehead atoms. The third-order valence-corrected chi connectivity index (χ3v) is 2.69. The first-order chi connectivity index (χ1) is 6.04. The van der Waals surface area contributed by atoms with Gasteiger partial charge in [0.1, 0.15) is 0 Å². The van der Waals surface area contributed by atoms with Crippen molar-refractivity contribution in [1.29, 1.82) is 0 Å². The van der Waals surface area contributed by atoms with E-state index in [0.717, 1.165) is 25.7 Å². The van der Waals surface area contributed by atoms with E-state index in [1.807, 2.05) is 6.92 Å². The fraction of sp³-hybridized carbons (Fsp3) is 0.800. The fourth-order valence-corrected chi connectivity index (χ4v) is 1.79. The lowest BCUT2D eigenvalue weighted by atomic mass is 9.76. The predicted molar refractivity (Wildman–Crippen MR) is 48.0 cm³/mol. The summed E-state index contributed by atoms with van der Waals surface area (Å²) >= 11 is 0. The Balaban J connectivity index is 2.56. The molecule has 0 amide bonds. The second-order valence-corrected chi connectivity index (χ2v) is 4.00. The van der Waals surface area contributed by atoms with Crippen LogP contribution in [0.1, 0.15) is 46.0 Å². The quantitative estimate of drug-likeness (QED) is 0.462. The molecule has 0 aliphatic heterocycles. The Morgan fingerprint density at radius 3 is 2.15 bits per heavy atom. The first-order valence-electron chi connectivity index (χ1n) is 4.77. The van der Waals surface area contributed by atoms with Crippen molar-refractivity contribution in [2.24, 2.45) is 5.41 Å². The topological polar surface area (TPSA) is 43.4 Å². The van der Waals surface area contributed by atoms with Gasteiger partial charge in [-0.2, -0.15) is 0 Å². The molecule has 13 heavy (non-hydrogen) atoms. The Hall–Kier alpha value is -0.860. The second-order valence-electron chi connectivity index (χ2n) is 4.00. The molecular formula is C10H16O3. The lowest BCUT2D eigenvalue weighted by Crippen LogP contribution is -2.33. The van der Waals surface area contributed by atoms with E-state index in [-0.39, 0.29) is 5.97 Å². The molecule has 0 aromatic heterocycles. The van der Waals surface area contributed by atoms with Gasteiger partial charge < -0.3 is 4.74 Å². The van der Waals surface area contributed by atoms with Crippen molar-refractivity contribution in [3.8, 4) is 0 Å². The van der Waals surface area contributed by atoms with Gasteiger partial charge in [0.05, 0.1) is 5.41 Å². The maximum atomic E-state index is 11.5. The molecule has 3 nitrogen and oxygen atoms in total. The second kappa shape index (κ2) is 3.90. The SMILES string of the molecule is CC(=O)OC(=O)C1(C)CCCCC1. The number of hydrogen-bond donors (Lipinski definition) is 0. The highest BCUT2D eigenvalue weighted by Gasteiger charge is 2.36. The molecule has 0 N–H and O–H groups in total. The van der Waals surface area contributed by atoms with Crippen LogP contribution in [0.25, 0.3) is 0 Å². The summed E-state index contributed by atoms with van der Waals surface area (Å²) in [5.74, 6) is -0.850. The van der Waals surface area contributed by atoms with Gasteiger partial charge in [-0.25, -0.2) is 0 Å². The first-order valence-corrected chi connectivity index (χ1v) is 4.77. The maximum Gasteiger partial charge on any atom is 0.319 e. The molecule has 0 atom stereocenters.